The lowest BCUT2D eigenvalue weighted by atomic mass is 9.81. The van der Waals surface area contributed by atoms with Crippen molar-refractivity contribution in [2.75, 3.05) is 13.1 Å². The average Bonchev–Trinajstić information content (AvgIpc) is 2.10. The van der Waals surface area contributed by atoms with Crippen LogP contribution in [0.2, 0.25) is 0 Å². The van der Waals surface area contributed by atoms with Gasteiger partial charge in [-0.2, -0.15) is 0 Å². The van der Waals surface area contributed by atoms with Gasteiger partial charge in [0.25, 0.3) is 0 Å². The summed E-state index contributed by atoms with van der Waals surface area (Å²) in [6.07, 6.45) is 1.05. The molecule has 0 amide bonds. The highest BCUT2D eigenvalue weighted by Crippen LogP contribution is 2.24. The SMILES string of the molecule is CC(C)C(C)(C)CNCCC(N)C(C)(C)C. The number of rotatable bonds is 6. The van der Waals surface area contributed by atoms with Crippen LogP contribution in [0.15, 0.2) is 0 Å². The molecule has 0 aromatic heterocycles. The van der Waals surface area contributed by atoms with E-state index in [1.165, 1.54) is 0 Å². The molecule has 0 heterocycles. The fourth-order valence-electron chi connectivity index (χ4n) is 1.31. The molecule has 1 unspecified atom stereocenters. The van der Waals surface area contributed by atoms with Crippen molar-refractivity contribution in [1.29, 1.82) is 0 Å². The molecule has 2 heteroatoms. The lowest BCUT2D eigenvalue weighted by Crippen LogP contribution is -2.40. The van der Waals surface area contributed by atoms with Gasteiger partial charge in [0.15, 0.2) is 0 Å². The molecular weight excluding hydrogens is 196 g/mol. The molecule has 0 fully saturated rings. The van der Waals surface area contributed by atoms with E-state index < -0.39 is 0 Å². The van der Waals surface area contributed by atoms with Crippen LogP contribution in [-0.4, -0.2) is 19.1 Å². The fraction of sp³-hybridized carbons (Fsp3) is 1.00. The molecule has 0 saturated carbocycles. The Morgan fingerprint density at radius 1 is 1.06 bits per heavy atom. The summed E-state index contributed by atoms with van der Waals surface area (Å²) < 4.78 is 0. The summed E-state index contributed by atoms with van der Waals surface area (Å²) in [6.45, 7) is 17.9. The maximum Gasteiger partial charge on any atom is 0.00997 e. The molecule has 0 radical (unpaired) electrons. The topological polar surface area (TPSA) is 38.0 Å². The van der Waals surface area contributed by atoms with E-state index in [1.54, 1.807) is 0 Å². The Labute approximate surface area is 102 Å². The third kappa shape index (κ3) is 5.86. The Kier molecular flexibility index (Phi) is 5.99. The maximum atomic E-state index is 6.12. The molecule has 1 atom stereocenters. The minimum Gasteiger partial charge on any atom is -0.327 e. The van der Waals surface area contributed by atoms with E-state index >= 15 is 0 Å². The van der Waals surface area contributed by atoms with Gasteiger partial charge in [-0.3, -0.25) is 0 Å². The maximum absolute atomic E-state index is 6.12. The van der Waals surface area contributed by atoms with Crippen molar-refractivity contribution in [3.63, 3.8) is 0 Å². The number of nitrogens with one attached hydrogen (secondary N) is 1. The minimum atomic E-state index is 0.218. The highest BCUT2D eigenvalue weighted by atomic mass is 14.9. The minimum absolute atomic E-state index is 0.218. The van der Waals surface area contributed by atoms with E-state index in [2.05, 4.69) is 53.8 Å². The first kappa shape index (κ1) is 15.9. The molecule has 0 rings (SSSR count). The summed E-state index contributed by atoms with van der Waals surface area (Å²) in [5, 5.41) is 3.53. The fourth-order valence-corrected chi connectivity index (χ4v) is 1.31. The van der Waals surface area contributed by atoms with Gasteiger partial charge in [0.1, 0.15) is 0 Å². The summed E-state index contributed by atoms with van der Waals surface area (Å²) in [5.74, 6) is 0.705. The quantitative estimate of drug-likeness (QED) is 0.686. The van der Waals surface area contributed by atoms with Gasteiger partial charge < -0.3 is 11.1 Å². The smallest absolute Gasteiger partial charge is 0.00997 e. The standard InChI is InChI=1S/C14H32N2/c1-11(2)14(6,7)10-16-9-8-12(15)13(3,4)5/h11-12,16H,8-10,15H2,1-7H3. The second-order valence-electron chi connectivity index (χ2n) is 7.08. The van der Waals surface area contributed by atoms with Gasteiger partial charge in [-0.15, -0.1) is 0 Å². The van der Waals surface area contributed by atoms with Gasteiger partial charge in [-0.1, -0.05) is 48.5 Å². The highest BCUT2D eigenvalue weighted by molar-refractivity contribution is 4.79. The van der Waals surface area contributed by atoms with Gasteiger partial charge >= 0.3 is 0 Å². The van der Waals surface area contributed by atoms with Crippen LogP contribution in [-0.2, 0) is 0 Å². The van der Waals surface area contributed by atoms with Crippen LogP contribution < -0.4 is 11.1 Å². The lowest BCUT2D eigenvalue weighted by molar-refractivity contribution is 0.232. The highest BCUT2D eigenvalue weighted by Gasteiger charge is 2.23. The normalized spacial score (nSPS) is 15.6. The molecular formula is C14H32N2. The van der Waals surface area contributed by atoms with E-state index in [9.17, 15) is 0 Å². The zero-order valence-electron chi connectivity index (χ0n) is 12.4. The lowest BCUT2D eigenvalue weighted by Gasteiger charge is -2.31. The van der Waals surface area contributed by atoms with Gasteiger partial charge in [0, 0.05) is 12.6 Å². The van der Waals surface area contributed by atoms with Gasteiger partial charge in [-0.25, -0.2) is 0 Å². The second kappa shape index (κ2) is 6.02. The molecule has 0 aromatic rings. The second-order valence-corrected chi connectivity index (χ2v) is 7.08. The van der Waals surface area contributed by atoms with Crippen molar-refractivity contribution < 1.29 is 0 Å². The van der Waals surface area contributed by atoms with Crippen LogP contribution in [0.4, 0.5) is 0 Å². The molecule has 0 spiro atoms. The molecule has 0 aromatic carbocycles. The molecule has 0 aliphatic carbocycles. The number of hydrogen-bond acceptors (Lipinski definition) is 2. The zero-order chi connectivity index (χ0) is 13.0. The molecule has 16 heavy (non-hydrogen) atoms. The predicted octanol–water partition coefficient (Wildman–Crippen LogP) is 3.02. The van der Waals surface area contributed by atoms with Gasteiger partial charge in [-0.05, 0) is 29.7 Å². The third-order valence-corrected chi connectivity index (χ3v) is 3.89. The Hall–Kier alpha value is -0.0800. The van der Waals surface area contributed by atoms with E-state index in [0.717, 1.165) is 19.5 Å². The molecule has 3 N–H and O–H groups in total. The Bertz CT molecular complexity index is 189. The largest absolute Gasteiger partial charge is 0.327 e. The molecule has 0 saturated heterocycles. The molecule has 0 aliphatic rings. The van der Waals surface area contributed by atoms with Crippen LogP contribution in [0, 0.1) is 16.7 Å². The molecule has 98 valence electrons. The molecule has 0 bridgehead atoms. The van der Waals surface area contributed by atoms with E-state index in [0.29, 0.717) is 11.3 Å². The average molecular weight is 228 g/mol. The summed E-state index contributed by atoms with van der Waals surface area (Å²) in [6, 6.07) is 0.280. The van der Waals surface area contributed by atoms with Crippen LogP contribution in [0.5, 0.6) is 0 Å². The van der Waals surface area contributed by atoms with Crippen molar-refractivity contribution in [3.8, 4) is 0 Å². The summed E-state index contributed by atoms with van der Waals surface area (Å²) >= 11 is 0. The Morgan fingerprint density at radius 3 is 1.94 bits per heavy atom. The van der Waals surface area contributed by atoms with E-state index in [4.69, 9.17) is 5.73 Å². The van der Waals surface area contributed by atoms with Crippen LogP contribution in [0.3, 0.4) is 0 Å². The van der Waals surface area contributed by atoms with Crippen molar-refractivity contribution in [1.82, 2.24) is 5.32 Å². The first-order chi connectivity index (χ1) is 7.07. The van der Waals surface area contributed by atoms with E-state index in [1.807, 2.05) is 0 Å². The molecule has 2 nitrogen and oxygen atoms in total. The van der Waals surface area contributed by atoms with Crippen molar-refractivity contribution in [2.45, 2.75) is 60.9 Å². The molecule has 0 aliphatic heterocycles. The van der Waals surface area contributed by atoms with E-state index in [-0.39, 0.29) is 11.5 Å². The predicted molar refractivity (Wildman–Crippen MR) is 73.5 cm³/mol. The Morgan fingerprint density at radius 2 is 1.56 bits per heavy atom. The van der Waals surface area contributed by atoms with Crippen molar-refractivity contribution in [3.05, 3.63) is 0 Å². The number of hydrogen-bond donors (Lipinski definition) is 2. The first-order valence-corrected chi connectivity index (χ1v) is 6.53. The summed E-state index contributed by atoms with van der Waals surface area (Å²) in [7, 11) is 0. The van der Waals surface area contributed by atoms with Crippen LogP contribution in [0.1, 0.15) is 54.9 Å². The zero-order valence-corrected chi connectivity index (χ0v) is 12.4. The Balaban J connectivity index is 3.77. The van der Waals surface area contributed by atoms with Crippen molar-refractivity contribution in [2.24, 2.45) is 22.5 Å². The van der Waals surface area contributed by atoms with Gasteiger partial charge in [0.2, 0.25) is 0 Å². The van der Waals surface area contributed by atoms with Crippen LogP contribution >= 0.6 is 0 Å². The summed E-state index contributed by atoms with van der Waals surface area (Å²) in [5.41, 5.74) is 6.70. The monoisotopic (exact) mass is 228 g/mol. The van der Waals surface area contributed by atoms with Crippen molar-refractivity contribution >= 4 is 0 Å². The third-order valence-electron chi connectivity index (χ3n) is 3.89. The van der Waals surface area contributed by atoms with Gasteiger partial charge in [0.05, 0.1) is 0 Å². The summed E-state index contributed by atoms with van der Waals surface area (Å²) in [4.78, 5) is 0. The number of nitrogens with two attached hydrogens (primary N) is 1. The first-order valence-electron chi connectivity index (χ1n) is 6.53. The van der Waals surface area contributed by atoms with Crippen LogP contribution in [0.25, 0.3) is 0 Å².